The predicted octanol–water partition coefficient (Wildman–Crippen LogP) is 2.77. The Morgan fingerprint density at radius 2 is 1.83 bits per heavy atom. The molecule has 1 N–H and O–H groups in total. The SMILES string of the molecule is O=C(O)c1ccc(C(=O)N2CCCCC2)cc1Br. The molecule has 1 fully saturated rings. The van der Waals surface area contributed by atoms with Gasteiger partial charge in [0, 0.05) is 23.1 Å². The zero-order chi connectivity index (χ0) is 13.1. The first kappa shape index (κ1) is 13.1. The molecule has 1 amide bonds. The van der Waals surface area contributed by atoms with Crippen LogP contribution in [0.25, 0.3) is 0 Å². The summed E-state index contributed by atoms with van der Waals surface area (Å²) in [6.07, 6.45) is 3.26. The lowest BCUT2D eigenvalue weighted by Gasteiger charge is -2.26. The first-order valence-corrected chi connectivity index (χ1v) is 6.71. The van der Waals surface area contributed by atoms with Crippen LogP contribution in [0.2, 0.25) is 0 Å². The van der Waals surface area contributed by atoms with Gasteiger partial charge in [-0.15, -0.1) is 0 Å². The van der Waals surface area contributed by atoms with Crippen molar-refractivity contribution in [2.75, 3.05) is 13.1 Å². The van der Waals surface area contributed by atoms with Crippen LogP contribution in [0, 0.1) is 0 Å². The van der Waals surface area contributed by atoms with Crippen molar-refractivity contribution >= 4 is 27.8 Å². The lowest BCUT2D eigenvalue weighted by molar-refractivity contribution is 0.0690. The molecule has 0 bridgehead atoms. The van der Waals surface area contributed by atoms with Crippen LogP contribution in [0.4, 0.5) is 0 Å². The third kappa shape index (κ3) is 2.72. The van der Waals surface area contributed by atoms with Gasteiger partial charge in [0.2, 0.25) is 0 Å². The molecule has 0 aromatic heterocycles. The second kappa shape index (κ2) is 5.52. The topological polar surface area (TPSA) is 57.6 Å². The van der Waals surface area contributed by atoms with E-state index in [9.17, 15) is 9.59 Å². The molecule has 18 heavy (non-hydrogen) atoms. The van der Waals surface area contributed by atoms with E-state index in [1.807, 2.05) is 4.90 Å². The number of amides is 1. The smallest absolute Gasteiger partial charge is 0.336 e. The number of rotatable bonds is 2. The summed E-state index contributed by atoms with van der Waals surface area (Å²) in [5, 5.41) is 8.92. The highest BCUT2D eigenvalue weighted by Crippen LogP contribution is 2.21. The molecule has 1 aromatic rings. The standard InChI is InChI=1S/C13H14BrNO3/c14-11-8-9(4-5-10(11)13(17)18)12(16)15-6-2-1-3-7-15/h4-5,8H,1-3,6-7H2,(H,17,18). The Morgan fingerprint density at radius 1 is 1.17 bits per heavy atom. The van der Waals surface area contributed by atoms with Crippen LogP contribution in [-0.4, -0.2) is 35.0 Å². The highest BCUT2D eigenvalue weighted by molar-refractivity contribution is 9.10. The maximum Gasteiger partial charge on any atom is 0.336 e. The number of carbonyl (C=O) groups excluding carboxylic acids is 1. The summed E-state index contributed by atoms with van der Waals surface area (Å²) in [7, 11) is 0. The number of nitrogens with zero attached hydrogens (tertiary/aromatic N) is 1. The van der Waals surface area contributed by atoms with Crippen molar-refractivity contribution in [3.05, 3.63) is 33.8 Å². The van der Waals surface area contributed by atoms with E-state index in [1.165, 1.54) is 12.5 Å². The number of hydrogen-bond donors (Lipinski definition) is 1. The van der Waals surface area contributed by atoms with Crippen molar-refractivity contribution in [3.63, 3.8) is 0 Å². The quantitative estimate of drug-likeness (QED) is 0.913. The molecule has 0 spiro atoms. The fraction of sp³-hybridized carbons (Fsp3) is 0.385. The molecule has 2 rings (SSSR count). The second-order valence-corrected chi connectivity index (χ2v) is 5.21. The molecule has 0 saturated carbocycles. The number of benzene rings is 1. The van der Waals surface area contributed by atoms with Gasteiger partial charge in [0.05, 0.1) is 5.56 Å². The van der Waals surface area contributed by atoms with Gasteiger partial charge in [-0.25, -0.2) is 4.79 Å². The van der Waals surface area contributed by atoms with E-state index in [2.05, 4.69) is 15.9 Å². The second-order valence-electron chi connectivity index (χ2n) is 4.35. The molecule has 1 saturated heterocycles. The number of halogens is 1. The molecule has 0 atom stereocenters. The molecule has 0 aliphatic carbocycles. The summed E-state index contributed by atoms with van der Waals surface area (Å²) < 4.78 is 0.442. The number of carbonyl (C=O) groups is 2. The molecule has 1 heterocycles. The summed E-state index contributed by atoms with van der Waals surface area (Å²) >= 11 is 3.19. The molecule has 96 valence electrons. The number of carboxylic acids is 1. The first-order chi connectivity index (χ1) is 8.59. The fourth-order valence-corrected chi connectivity index (χ4v) is 2.65. The Hall–Kier alpha value is -1.36. The molecule has 1 aliphatic rings. The van der Waals surface area contributed by atoms with Gasteiger partial charge >= 0.3 is 5.97 Å². The van der Waals surface area contributed by atoms with Gasteiger partial charge in [0.25, 0.3) is 5.91 Å². The van der Waals surface area contributed by atoms with Gasteiger partial charge in [-0.1, -0.05) is 0 Å². The number of hydrogen-bond acceptors (Lipinski definition) is 2. The maximum absolute atomic E-state index is 12.2. The number of aromatic carboxylic acids is 1. The van der Waals surface area contributed by atoms with Crippen molar-refractivity contribution in [2.24, 2.45) is 0 Å². The molecular formula is C13H14BrNO3. The van der Waals surface area contributed by atoms with Gasteiger partial charge in [-0.3, -0.25) is 4.79 Å². The Labute approximate surface area is 114 Å². The van der Waals surface area contributed by atoms with E-state index in [0.29, 0.717) is 10.0 Å². The van der Waals surface area contributed by atoms with Crippen molar-refractivity contribution in [1.29, 1.82) is 0 Å². The minimum absolute atomic E-state index is 0.0210. The van der Waals surface area contributed by atoms with Crippen molar-refractivity contribution in [1.82, 2.24) is 4.90 Å². The molecular weight excluding hydrogens is 298 g/mol. The monoisotopic (exact) mass is 311 g/mol. The Kier molecular flexibility index (Phi) is 4.01. The Bertz CT molecular complexity index is 481. The molecule has 5 heteroatoms. The summed E-state index contributed by atoms with van der Waals surface area (Å²) in [6.45, 7) is 1.58. The lowest BCUT2D eigenvalue weighted by Crippen LogP contribution is -2.35. The van der Waals surface area contributed by atoms with E-state index >= 15 is 0 Å². The van der Waals surface area contributed by atoms with E-state index in [1.54, 1.807) is 12.1 Å². The molecule has 1 aromatic carbocycles. The average Bonchev–Trinajstić information content (AvgIpc) is 2.38. The highest BCUT2D eigenvalue weighted by atomic mass is 79.9. The van der Waals surface area contributed by atoms with E-state index in [0.717, 1.165) is 25.9 Å². The van der Waals surface area contributed by atoms with Gasteiger partial charge in [-0.05, 0) is 53.4 Å². The van der Waals surface area contributed by atoms with E-state index in [-0.39, 0.29) is 11.5 Å². The predicted molar refractivity (Wildman–Crippen MR) is 70.9 cm³/mol. The average molecular weight is 312 g/mol. The van der Waals surface area contributed by atoms with Gasteiger partial charge in [0.1, 0.15) is 0 Å². The fourth-order valence-electron chi connectivity index (χ4n) is 2.10. The lowest BCUT2D eigenvalue weighted by atomic mass is 10.1. The zero-order valence-corrected chi connectivity index (χ0v) is 11.4. The minimum Gasteiger partial charge on any atom is -0.478 e. The number of piperidine rings is 1. The van der Waals surface area contributed by atoms with Crippen molar-refractivity contribution in [3.8, 4) is 0 Å². The third-order valence-electron chi connectivity index (χ3n) is 3.09. The third-order valence-corrected chi connectivity index (χ3v) is 3.75. The van der Waals surface area contributed by atoms with Crippen LogP contribution < -0.4 is 0 Å². The van der Waals surface area contributed by atoms with Crippen molar-refractivity contribution in [2.45, 2.75) is 19.3 Å². The molecule has 4 nitrogen and oxygen atoms in total. The molecule has 0 unspecified atom stereocenters. The highest BCUT2D eigenvalue weighted by Gasteiger charge is 2.19. The normalized spacial score (nSPS) is 15.5. The Balaban J connectivity index is 2.20. The van der Waals surface area contributed by atoms with E-state index < -0.39 is 5.97 Å². The summed E-state index contributed by atoms with van der Waals surface area (Å²) in [4.78, 5) is 24.9. The van der Waals surface area contributed by atoms with Crippen LogP contribution in [0.3, 0.4) is 0 Å². The van der Waals surface area contributed by atoms with Crippen LogP contribution in [0.15, 0.2) is 22.7 Å². The first-order valence-electron chi connectivity index (χ1n) is 5.91. The van der Waals surface area contributed by atoms with Crippen LogP contribution in [0.5, 0.6) is 0 Å². The van der Waals surface area contributed by atoms with Gasteiger partial charge in [0.15, 0.2) is 0 Å². The van der Waals surface area contributed by atoms with E-state index in [4.69, 9.17) is 5.11 Å². The molecule has 0 radical (unpaired) electrons. The molecule has 1 aliphatic heterocycles. The Morgan fingerprint density at radius 3 is 2.39 bits per heavy atom. The van der Waals surface area contributed by atoms with Gasteiger partial charge < -0.3 is 10.0 Å². The van der Waals surface area contributed by atoms with Crippen LogP contribution in [0.1, 0.15) is 40.0 Å². The van der Waals surface area contributed by atoms with Gasteiger partial charge in [-0.2, -0.15) is 0 Å². The largest absolute Gasteiger partial charge is 0.478 e. The summed E-state index contributed by atoms with van der Waals surface area (Å²) in [5.74, 6) is -1.02. The minimum atomic E-state index is -1.00. The number of carboxylic acid groups (broad SMARTS) is 1. The summed E-state index contributed by atoms with van der Waals surface area (Å²) in [6, 6.07) is 4.62. The summed E-state index contributed by atoms with van der Waals surface area (Å²) in [5.41, 5.74) is 0.707. The number of likely N-dealkylation sites (tertiary alicyclic amines) is 1. The zero-order valence-electron chi connectivity index (χ0n) is 9.86. The van der Waals surface area contributed by atoms with Crippen LogP contribution >= 0.6 is 15.9 Å². The van der Waals surface area contributed by atoms with Crippen LogP contribution in [-0.2, 0) is 0 Å². The maximum atomic E-state index is 12.2. The van der Waals surface area contributed by atoms with Crippen molar-refractivity contribution < 1.29 is 14.7 Å².